The molecule has 38 heavy (non-hydrogen) atoms. The lowest BCUT2D eigenvalue weighted by molar-refractivity contribution is -0.142. The summed E-state index contributed by atoms with van der Waals surface area (Å²) in [4.78, 5) is 49.5. The monoisotopic (exact) mass is 545 g/mol. The number of carbonyl (C=O) groups excluding carboxylic acids is 2. The molecule has 0 radical (unpaired) electrons. The van der Waals surface area contributed by atoms with Crippen LogP contribution in [0.15, 0.2) is 48.5 Å². The molecule has 11 heteroatoms. The van der Waals surface area contributed by atoms with Crippen LogP contribution in [0.1, 0.15) is 41.8 Å². The Labute approximate surface area is 226 Å². The molecule has 0 aromatic heterocycles. The topological polar surface area (TPSA) is 165 Å². The molecule has 0 aliphatic carbocycles. The SMILES string of the molecule is CSCC[C@H](NC(=O)[C@H](Cc1ccccc1)NC(=O)[C@@H](NCc1cc(C(=O)O)ccc1O)C(C)C)C(=O)O. The maximum Gasteiger partial charge on any atom is 0.335 e. The number of phenolic OH excluding ortho intramolecular Hbond substituents is 1. The van der Waals surface area contributed by atoms with Crippen molar-refractivity contribution in [3.05, 3.63) is 65.2 Å². The minimum atomic E-state index is -1.15. The van der Waals surface area contributed by atoms with Gasteiger partial charge in [-0.05, 0) is 48.1 Å². The number of hydrogen-bond donors (Lipinski definition) is 6. The number of hydrogen-bond acceptors (Lipinski definition) is 7. The number of nitrogens with one attached hydrogen (secondary N) is 3. The van der Waals surface area contributed by atoms with Gasteiger partial charge < -0.3 is 31.3 Å². The average Bonchev–Trinajstić information content (AvgIpc) is 2.87. The zero-order valence-electron chi connectivity index (χ0n) is 21.6. The lowest BCUT2D eigenvalue weighted by atomic mass is 10.00. The first-order chi connectivity index (χ1) is 18.0. The van der Waals surface area contributed by atoms with Crippen LogP contribution >= 0.6 is 11.8 Å². The third-order valence-corrected chi connectivity index (χ3v) is 6.57. The summed E-state index contributed by atoms with van der Waals surface area (Å²) < 4.78 is 0. The minimum absolute atomic E-state index is 0.000739. The van der Waals surface area contributed by atoms with Gasteiger partial charge in [-0.1, -0.05) is 44.2 Å². The molecule has 0 aliphatic rings. The van der Waals surface area contributed by atoms with Gasteiger partial charge in [0.15, 0.2) is 0 Å². The summed E-state index contributed by atoms with van der Waals surface area (Å²) in [7, 11) is 0. The van der Waals surface area contributed by atoms with E-state index in [-0.39, 0.29) is 36.6 Å². The van der Waals surface area contributed by atoms with Crippen molar-refractivity contribution in [1.29, 1.82) is 0 Å². The molecule has 6 N–H and O–H groups in total. The largest absolute Gasteiger partial charge is 0.508 e. The van der Waals surface area contributed by atoms with Crippen LogP contribution in [0.4, 0.5) is 0 Å². The third-order valence-electron chi connectivity index (χ3n) is 5.93. The molecule has 0 bridgehead atoms. The van der Waals surface area contributed by atoms with E-state index in [9.17, 15) is 34.5 Å². The van der Waals surface area contributed by atoms with E-state index in [1.165, 1.54) is 30.0 Å². The Morgan fingerprint density at radius 2 is 1.58 bits per heavy atom. The number of aromatic carboxylic acids is 1. The van der Waals surface area contributed by atoms with Gasteiger partial charge in [-0.3, -0.25) is 9.59 Å². The number of carbonyl (C=O) groups is 4. The second kappa shape index (κ2) is 15.0. The highest BCUT2D eigenvalue weighted by atomic mass is 32.2. The molecule has 2 aromatic carbocycles. The van der Waals surface area contributed by atoms with Gasteiger partial charge >= 0.3 is 11.9 Å². The molecule has 0 unspecified atom stereocenters. The first-order valence-corrected chi connectivity index (χ1v) is 13.6. The summed E-state index contributed by atoms with van der Waals surface area (Å²) in [5, 5.41) is 37.3. The smallest absolute Gasteiger partial charge is 0.335 e. The van der Waals surface area contributed by atoms with Crippen LogP contribution in [0.25, 0.3) is 0 Å². The van der Waals surface area contributed by atoms with Crippen molar-refractivity contribution in [2.24, 2.45) is 5.92 Å². The molecule has 0 spiro atoms. The molecule has 2 aromatic rings. The Morgan fingerprint density at radius 3 is 2.16 bits per heavy atom. The highest BCUT2D eigenvalue weighted by molar-refractivity contribution is 7.98. The van der Waals surface area contributed by atoms with Crippen LogP contribution in [0.3, 0.4) is 0 Å². The molecule has 0 saturated carbocycles. The summed E-state index contributed by atoms with van der Waals surface area (Å²) >= 11 is 1.47. The summed E-state index contributed by atoms with van der Waals surface area (Å²) in [5.41, 5.74) is 1.09. The number of aromatic hydroxyl groups is 1. The van der Waals surface area contributed by atoms with Gasteiger partial charge in [-0.15, -0.1) is 0 Å². The van der Waals surface area contributed by atoms with E-state index < -0.39 is 41.9 Å². The maximum absolute atomic E-state index is 13.3. The van der Waals surface area contributed by atoms with Crippen LogP contribution in [-0.4, -0.2) is 69.2 Å². The van der Waals surface area contributed by atoms with Gasteiger partial charge in [0.25, 0.3) is 0 Å². The predicted molar refractivity (Wildman–Crippen MR) is 145 cm³/mol. The van der Waals surface area contributed by atoms with Crippen molar-refractivity contribution in [2.75, 3.05) is 12.0 Å². The predicted octanol–water partition coefficient (Wildman–Crippen LogP) is 2.25. The number of amides is 2. The molecular formula is C27H35N3O7S. The van der Waals surface area contributed by atoms with Gasteiger partial charge in [0.2, 0.25) is 11.8 Å². The Hall–Kier alpha value is -3.57. The second-order valence-corrected chi connectivity index (χ2v) is 10.2. The molecular weight excluding hydrogens is 510 g/mol. The number of carboxylic acids is 2. The molecule has 10 nitrogen and oxygen atoms in total. The van der Waals surface area contributed by atoms with Gasteiger partial charge in [-0.25, -0.2) is 9.59 Å². The van der Waals surface area contributed by atoms with Crippen molar-refractivity contribution >= 4 is 35.5 Å². The number of rotatable bonds is 15. The Morgan fingerprint density at radius 1 is 0.921 bits per heavy atom. The Balaban J connectivity index is 2.21. The molecule has 2 rings (SSSR count). The lowest BCUT2D eigenvalue weighted by Gasteiger charge is -2.26. The maximum atomic E-state index is 13.3. The fourth-order valence-corrected chi connectivity index (χ4v) is 4.27. The Kier molecular flexibility index (Phi) is 12.1. The lowest BCUT2D eigenvalue weighted by Crippen LogP contribution is -2.56. The number of benzene rings is 2. The first-order valence-electron chi connectivity index (χ1n) is 12.2. The molecule has 0 aliphatic heterocycles. The number of thioether (sulfide) groups is 1. The molecule has 0 heterocycles. The van der Waals surface area contributed by atoms with Gasteiger partial charge in [0.1, 0.15) is 17.8 Å². The molecule has 3 atom stereocenters. The summed E-state index contributed by atoms with van der Waals surface area (Å²) in [5.74, 6) is -3.18. The van der Waals surface area contributed by atoms with E-state index in [1.807, 2.05) is 24.5 Å². The minimum Gasteiger partial charge on any atom is -0.508 e. The zero-order valence-corrected chi connectivity index (χ0v) is 22.5. The van der Waals surface area contributed by atoms with Gasteiger partial charge in [-0.2, -0.15) is 11.8 Å². The van der Waals surface area contributed by atoms with E-state index >= 15 is 0 Å². The number of carboxylic acid groups (broad SMARTS) is 2. The quantitative estimate of drug-likeness (QED) is 0.197. The number of phenols is 1. The Bertz CT molecular complexity index is 1110. The van der Waals surface area contributed by atoms with Gasteiger partial charge in [0, 0.05) is 18.5 Å². The normalized spacial score (nSPS) is 13.4. The number of aliphatic carboxylic acids is 1. The molecule has 206 valence electrons. The van der Waals surface area contributed by atoms with Crippen molar-refractivity contribution in [1.82, 2.24) is 16.0 Å². The van der Waals surface area contributed by atoms with Crippen LogP contribution < -0.4 is 16.0 Å². The summed E-state index contributed by atoms with van der Waals surface area (Å²) in [6.45, 7) is 3.62. The van der Waals surface area contributed by atoms with Crippen LogP contribution in [-0.2, 0) is 27.3 Å². The van der Waals surface area contributed by atoms with Crippen molar-refractivity contribution in [3.8, 4) is 5.75 Å². The summed E-state index contributed by atoms with van der Waals surface area (Å²) in [6.07, 6.45) is 2.23. The average molecular weight is 546 g/mol. The first kappa shape index (κ1) is 30.7. The van der Waals surface area contributed by atoms with E-state index in [1.54, 1.807) is 26.0 Å². The highest BCUT2D eigenvalue weighted by Gasteiger charge is 2.30. The fourth-order valence-electron chi connectivity index (χ4n) is 3.80. The van der Waals surface area contributed by atoms with E-state index in [0.29, 0.717) is 11.3 Å². The van der Waals surface area contributed by atoms with E-state index in [4.69, 9.17) is 0 Å². The zero-order chi connectivity index (χ0) is 28.2. The van der Waals surface area contributed by atoms with Gasteiger partial charge in [0.05, 0.1) is 11.6 Å². The van der Waals surface area contributed by atoms with Crippen molar-refractivity contribution < 1.29 is 34.5 Å². The molecule has 2 amide bonds. The van der Waals surface area contributed by atoms with E-state index in [0.717, 1.165) is 5.56 Å². The summed E-state index contributed by atoms with van der Waals surface area (Å²) in [6, 6.07) is 10.0. The second-order valence-electron chi connectivity index (χ2n) is 9.18. The standard InChI is InChI=1S/C27H35N3O7S/c1-16(2)23(28-15-19-14-18(26(34)35)9-10-22(19)31)25(33)30-21(13-17-7-5-4-6-8-17)24(32)29-20(27(36)37)11-12-38-3/h4-10,14,16,20-21,23,28,31H,11-13,15H2,1-3H3,(H,29,32)(H,30,33)(H,34,35)(H,36,37)/t20-,21-,23-/m0/s1. The molecule has 0 saturated heterocycles. The third kappa shape index (κ3) is 9.38. The van der Waals surface area contributed by atoms with Crippen LogP contribution in [0.5, 0.6) is 5.75 Å². The van der Waals surface area contributed by atoms with Crippen LogP contribution in [0.2, 0.25) is 0 Å². The van der Waals surface area contributed by atoms with Crippen LogP contribution in [0, 0.1) is 5.92 Å². The van der Waals surface area contributed by atoms with E-state index in [2.05, 4.69) is 16.0 Å². The fraction of sp³-hybridized carbons (Fsp3) is 0.407. The van der Waals surface area contributed by atoms with Crippen molar-refractivity contribution in [3.63, 3.8) is 0 Å². The van der Waals surface area contributed by atoms with Crippen molar-refractivity contribution in [2.45, 2.75) is 51.4 Å². The highest BCUT2D eigenvalue weighted by Crippen LogP contribution is 2.19. The molecule has 0 fully saturated rings.